The van der Waals surface area contributed by atoms with Crippen molar-refractivity contribution in [3.63, 3.8) is 0 Å². The number of fused-ring (bicyclic) bond motifs is 2. The van der Waals surface area contributed by atoms with Crippen molar-refractivity contribution in [2.24, 2.45) is 0 Å². The molecule has 2 amide bonds. The van der Waals surface area contributed by atoms with Crippen LogP contribution >= 0.6 is 23.1 Å². The maximum absolute atomic E-state index is 16.3. The van der Waals surface area contributed by atoms with Crippen molar-refractivity contribution in [2.45, 2.75) is 66.6 Å². The molecule has 0 bridgehead atoms. The number of aromatic nitrogens is 2. The van der Waals surface area contributed by atoms with Gasteiger partial charge < -0.3 is 19.3 Å². The smallest absolute Gasteiger partial charge is 0.413 e. The van der Waals surface area contributed by atoms with E-state index >= 15 is 4.39 Å². The van der Waals surface area contributed by atoms with Crippen molar-refractivity contribution in [1.82, 2.24) is 14.3 Å². The van der Waals surface area contributed by atoms with E-state index in [1.807, 2.05) is 71.0 Å². The van der Waals surface area contributed by atoms with Gasteiger partial charge in [0.15, 0.2) is 5.82 Å². The number of amides is 2. The third kappa shape index (κ3) is 8.44. The molecule has 0 saturated carbocycles. The van der Waals surface area contributed by atoms with Crippen LogP contribution in [0.25, 0.3) is 32.9 Å². The lowest BCUT2D eigenvalue weighted by molar-refractivity contribution is 0.0240. The molecular weight excluding hydrogens is 629 g/mol. The molecule has 1 aliphatic rings. The van der Waals surface area contributed by atoms with E-state index in [0.29, 0.717) is 37.0 Å². The zero-order chi connectivity index (χ0) is 33.8. The number of carbonyl (C=O) groups excluding carboxylic acids is 2. The highest BCUT2D eigenvalue weighted by molar-refractivity contribution is 7.11. The molecule has 0 spiro atoms. The summed E-state index contributed by atoms with van der Waals surface area (Å²) in [6.07, 6.45) is 2.98. The number of nitrogens with one attached hydrogen (secondary N) is 1. The summed E-state index contributed by atoms with van der Waals surface area (Å²) in [7, 11) is 0. The monoisotopic (exact) mass is 669 g/mol. The van der Waals surface area contributed by atoms with Crippen molar-refractivity contribution >= 4 is 67.8 Å². The van der Waals surface area contributed by atoms with Crippen LogP contribution in [-0.4, -0.2) is 63.8 Å². The Kier molecular flexibility index (Phi) is 10.8. The molecule has 1 fully saturated rings. The van der Waals surface area contributed by atoms with E-state index in [0.717, 1.165) is 10.4 Å². The number of hydrogen-bond donors (Lipinski definition) is 1. The second-order valence-corrected chi connectivity index (χ2v) is 13.9. The first-order chi connectivity index (χ1) is 21.6. The van der Waals surface area contributed by atoms with Crippen LogP contribution in [0.2, 0.25) is 5.02 Å². The van der Waals surface area contributed by atoms with Crippen LogP contribution in [0.15, 0.2) is 48.6 Å². The van der Waals surface area contributed by atoms with Gasteiger partial charge in [-0.1, -0.05) is 48.0 Å². The number of piperazine rings is 1. The summed E-state index contributed by atoms with van der Waals surface area (Å²) in [5, 5.41) is 5.59. The minimum atomic E-state index is -0.699. The average molecular weight is 670 g/mol. The summed E-state index contributed by atoms with van der Waals surface area (Å²) >= 11 is 7.96. The minimum Gasteiger partial charge on any atom is -0.444 e. The summed E-state index contributed by atoms with van der Waals surface area (Å²) in [5.41, 5.74) is -0.710. The first kappa shape index (κ1) is 34.9. The van der Waals surface area contributed by atoms with Crippen LogP contribution in [0, 0.1) is 5.82 Å². The van der Waals surface area contributed by atoms with Crippen LogP contribution in [0.1, 0.15) is 55.4 Å². The second kappa shape index (κ2) is 14.2. The molecule has 9 nitrogen and oxygen atoms in total. The molecule has 0 unspecified atom stereocenters. The fourth-order valence-electron chi connectivity index (χ4n) is 4.72. The van der Waals surface area contributed by atoms with Crippen LogP contribution in [-0.2, 0) is 9.47 Å². The van der Waals surface area contributed by atoms with Gasteiger partial charge in [-0.05, 0) is 84.4 Å². The van der Waals surface area contributed by atoms with Gasteiger partial charge in [0.2, 0.25) is 0 Å². The lowest BCUT2D eigenvalue weighted by atomic mass is 10.0. The van der Waals surface area contributed by atoms with E-state index in [1.165, 1.54) is 11.5 Å². The summed E-state index contributed by atoms with van der Waals surface area (Å²) in [5.74, 6) is -0.394. The fourth-order valence-corrected chi connectivity index (χ4v) is 5.91. The van der Waals surface area contributed by atoms with Crippen LogP contribution in [0.5, 0.6) is 0 Å². The zero-order valence-corrected chi connectivity index (χ0v) is 29.1. The van der Waals surface area contributed by atoms with E-state index in [1.54, 1.807) is 37.8 Å². The number of halogens is 2. The SMILES string of the molecule is C/C=C\C.CC(C)(C)OC(=O)Nc1cc2ccccc2c(-c2c(Cl)cc3c(N4CCN(C(=O)OC(C)(C)C)CC4)snc3c2F)n1. The standard InChI is InChI=1S/C30H33ClFN5O4S.C4H8/c1-29(2,3)40-27(38)34-21-15-17-9-7-8-10-18(17)24(33-21)22-20(31)16-19-25(23(22)32)35-42-26(19)36-11-13-37(14-12-36)28(39)41-30(4,5)6;1-3-4-2/h7-10,15-16H,11-14H2,1-6H3,(H,33,34,38);3-4H,1-2H3/b;4-3-. The maximum Gasteiger partial charge on any atom is 0.413 e. The van der Waals surface area contributed by atoms with E-state index in [9.17, 15) is 9.59 Å². The van der Waals surface area contributed by atoms with Crippen molar-refractivity contribution < 1.29 is 23.5 Å². The Bertz CT molecular complexity index is 1750. The molecule has 46 heavy (non-hydrogen) atoms. The Morgan fingerprint density at radius 3 is 2.20 bits per heavy atom. The summed E-state index contributed by atoms with van der Waals surface area (Å²) in [4.78, 5) is 33.3. The van der Waals surface area contributed by atoms with Crippen molar-refractivity contribution in [1.29, 1.82) is 0 Å². The fraction of sp³-hybridized carbons (Fsp3) is 0.412. The second-order valence-electron chi connectivity index (χ2n) is 12.8. The largest absolute Gasteiger partial charge is 0.444 e. The van der Waals surface area contributed by atoms with Crippen LogP contribution in [0.4, 0.5) is 24.8 Å². The lowest BCUT2D eigenvalue weighted by Gasteiger charge is -2.36. The molecule has 3 heterocycles. The molecule has 246 valence electrons. The number of pyridine rings is 1. The third-order valence-corrected chi connectivity index (χ3v) is 8.03. The van der Waals surface area contributed by atoms with Crippen molar-refractivity contribution in [2.75, 3.05) is 36.4 Å². The number of anilines is 2. The molecule has 0 aliphatic carbocycles. The van der Waals surface area contributed by atoms with Crippen molar-refractivity contribution in [3.05, 3.63) is 59.4 Å². The third-order valence-electron chi connectivity index (χ3n) is 6.80. The predicted molar refractivity (Wildman–Crippen MR) is 186 cm³/mol. The Morgan fingerprint density at radius 2 is 1.59 bits per heavy atom. The molecule has 0 atom stereocenters. The molecule has 0 radical (unpaired) electrons. The topological polar surface area (TPSA) is 96.9 Å². The molecule has 1 N–H and O–H groups in total. The van der Waals surface area contributed by atoms with E-state index in [2.05, 4.69) is 19.6 Å². The molecular formula is C34H41ClFN5O4S. The molecule has 1 saturated heterocycles. The highest BCUT2D eigenvalue weighted by Crippen LogP contribution is 2.42. The molecule has 4 aromatic rings. The van der Waals surface area contributed by atoms with Gasteiger partial charge in [-0.2, -0.15) is 4.37 Å². The average Bonchev–Trinajstić information content (AvgIpc) is 3.39. The number of benzene rings is 2. The number of hydrogen-bond acceptors (Lipinski definition) is 8. The predicted octanol–water partition coefficient (Wildman–Crippen LogP) is 9.29. The van der Waals surface area contributed by atoms with Gasteiger partial charge in [-0.25, -0.2) is 19.0 Å². The first-order valence-electron chi connectivity index (χ1n) is 15.1. The molecule has 2 aromatic carbocycles. The van der Waals surface area contributed by atoms with E-state index < -0.39 is 23.1 Å². The van der Waals surface area contributed by atoms with Crippen LogP contribution < -0.4 is 10.2 Å². The van der Waals surface area contributed by atoms with Gasteiger partial charge in [0.25, 0.3) is 0 Å². The van der Waals surface area contributed by atoms with Gasteiger partial charge >= 0.3 is 12.2 Å². The molecule has 5 rings (SSSR count). The summed E-state index contributed by atoms with van der Waals surface area (Å²) < 4.78 is 31.6. The number of nitrogens with zero attached hydrogens (tertiary/aromatic N) is 4. The number of allylic oxidation sites excluding steroid dienone is 2. The van der Waals surface area contributed by atoms with Gasteiger partial charge in [-0.15, -0.1) is 0 Å². The zero-order valence-electron chi connectivity index (χ0n) is 27.5. The Balaban J connectivity index is 0.00000113. The Morgan fingerprint density at radius 1 is 0.957 bits per heavy atom. The highest BCUT2D eigenvalue weighted by atomic mass is 35.5. The maximum atomic E-state index is 16.3. The normalized spacial score (nSPS) is 14.0. The minimum absolute atomic E-state index is 0.0970. The number of ether oxygens (including phenoxy) is 2. The Labute approximate surface area is 278 Å². The van der Waals surface area contributed by atoms with Gasteiger partial charge in [0.1, 0.15) is 27.5 Å². The molecule has 2 aromatic heterocycles. The lowest BCUT2D eigenvalue weighted by Crippen LogP contribution is -2.50. The van der Waals surface area contributed by atoms with Gasteiger partial charge in [-0.3, -0.25) is 5.32 Å². The summed E-state index contributed by atoms with van der Waals surface area (Å²) in [6, 6.07) is 10.8. The number of carbonyl (C=O) groups is 2. The highest BCUT2D eigenvalue weighted by Gasteiger charge is 2.29. The van der Waals surface area contributed by atoms with Crippen molar-refractivity contribution in [3.8, 4) is 11.3 Å². The number of rotatable bonds is 3. The van der Waals surface area contributed by atoms with E-state index in [-0.39, 0.29) is 33.7 Å². The van der Waals surface area contributed by atoms with Gasteiger partial charge in [0, 0.05) is 37.0 Å². The van der Waals surface area contributed by atoms with Gasteiger partial charge in [0.05, 0.1) is 16.3 Å². The first-order valence-corrected chi connectivity index (χ1v) is 16.2. The quantitative estimate of drug-likeness (QED) is 0.217. The van der Waals surface area contributed by atoms with Crippen LogP contribution in [0.3, 0.4) is 0 Å². The summed E-state index contributed by atoms with van der Waals surface area (Å²) in [6.45, 7) is 16.8. The van der Waals surface area contributed by atoms with E-state index in [4.69, 9.17) is 21.1 Å². The molecule has 1 aliphatic heterocycles. The Hall–Kier alpha value is -3.96. The molecule has 12 heteroatoms.